The van der Waals surface area contributed by atoms with Gasteiger partial charge in [0.25, 0.3) is 0 Å². The van der Waals surface area contributed by atoms with E-state index in [1.165, 1.54) is 10.5 Å². The van der Waals surface area contributed by atoms with Gasteiger partial charge in [-0.15, -0.1) is 11.8 Å². The molecule has 3 rings (SSSR count). The van der Waals surface area contributed by atoms with E-state index < -0.39 is 0 Å². The van der Waals surface area contributed by atoms with Gasteiger partial charge in [0.15, 0.2) is 0 Å². The van der Waals surface area contributed by atoms with Crippen LogP contribution in [0.2, 0.25) is 0 Å². The predicted octanol–water partition coefficient (Wildman–Crippen LogP) is 3.59. The molecule has 1 atom stereocenters. The van der Waals surface area contributed by atoms with Gasteiger partial charge in [0.05, 0.1) is 0 Å². The molecule has 0 N–H and O–H groups in total. The SMILES string of the molecule is O=Cc1ccc(SCC2Cc3ccccc3O2)cc1. The van der Waals surface area contributed by atoms with Crippen LogP contribution in [0.3, 0.4) is 0 Å². The lowest BCUT2D eigenvalue weighted by atomic mass is 10.1. The van der Waals surface area contributed by atoms with Crippen LogP contribution in [0, 0.1) is 0 Å². The molecule has 0 bridgehead atoms. The van der Waals surface area contributed by atoms with Crippen LogP contribution in [-0.2, 0) is 6.42 Å². The Morgan fingerprint density at radius 2 is 1.95 bits per heavy atom. The molecule has 1 aliphatic rings. The molecule has 0 amide bonds. The molecule has 0 aromatic heterocycles. The maximum atomic E-state index is 10.6. The minimum atomic E-state index is 0.244. The summed E-state index contributed by atoms with van der Waals surface area (Å²) in [4.78, 5) is 11.8. The molecule has 2 aromatic rings. The largest absolute Gasteiger partial charge is 0.489 e. The number of thioether (sulfide) groups is 1. The molecule has 2 aromatic carbocycles. The number of fused-ring (bicyclic) bond motifs is 1. The van der Waals surface area contributed by atoms with Crippen molar-refractivity contribution in [3.8, 4) is 5.75 Å². The normalized spacial score (nSPS) is 16.7. The van der Waals surface area contributed by atoms with Crippen LogP contribution in [0.4, 0.5) is 0 Å². The standard InChI is InChI=1S/C16H14O2S/c17-10-12-5-7-15(8-6-12)19-11-14-9-13-3-1-2-4-16(13)18-14/h1-8,10,14H,9,11H2. The number of aldehydes is 1. The van der Waals surface area contributed by atoms with Crippen molar-refractivity contribution in [2.75, 3.05) is 5.75 Å². The summed E-state index contributed by atoms with van der Waals surface area (Å²) in [6, 6.07) is 15.9. The lowest BCUT2D eigenvalue weighted by molar-refractivity contribution is 0.112. The van der Waals surface area contributed by atoms with Gasteiger partial charge in [0.1, 0.15) is 18.1 Å². The first-order chi connectivity index (χ1) is 9.35. The van der Waals surface area contributed by atoms with Crippen molar-refractivity contribution in [3.05, 3.63) is 59.7 Å². The lowest BCUT2D eigenvalue weighted by Crippen LogP contribution is -2.15. The highest BCUT2D eigenvalue weighted by Gasteiger charge is 2.22. The molecular weight excluding hydrogens is 256 g/mol. The summed E-state index contributed by atoms with van der Waals surface area (Å²) in [7, 11) is 0. The zero-order valence-electron chi connectivity index (χ0n) is 10.4. The summed E-state index contributed by atoms with van der Waals surface area (Å²) < 4.78 is 5.90. The van der Waals surface area contributed by atoms with E-state index in [0.717, 1.165) is 24.2 Å². The van der Waals surface area contributed by atoms with Gasteiger partial charge in [0, 0.05) is 22.6 Å². The van der Waals surface area contributed by atoms with Crippen molar-refractivity contribution in [1.29, 1.82) is 0 Å². The Kier molecular flexibility index (Phi) is 3.56. The third kappa shape index (κ3) is 2.82. The molecule has 0 saturated carbocycles. The minimum absolute atomic E-state index is 0.244. The molecular formula is C16H14O2S. The van der Waals surface area contributed by atoms with Gasteiger partial charge in [-0.25, -0.2) is 0 Å². The first-order valence-corrected chi connectivity index (χ1v) is 7.26. The van der Waals surface area contributed by atoms with E-state index in [4.69, 9.17) is 4.74 Å². The van der Waals surface area contributed by atoms with E-state index in [1.54, 1.807) is 11.8 Å². The zero-order chi connectivity index (χ0) is 13.1. The van der Waals surface area contributed by atoms with Gasteiger partial charge < -0.3 is 4.74 Å². The van der Waals surface area contributed by atoms with Crippen molar-refractivity contribution in [1.82, 2.24) is 0 Å². The maximum Gasteiger partial charge on any atom is 0.150 e. The molecule has 0 aliphatic carbocycles. The molecule has 1 aliphatic heterocycles. The molecule has 0 fully saturated rings. The van der Waals surface area contributed by atoms with Crippen molar-refractivity contribution >= 4 is 18.0 Å². The van der Waals surface area contributed by atoms with Crippen LogP contribution >= 0.6 is 11.8 Å². The second-order valence-corrected chi connectivity index (χ2v) is 5.64. The predicted molar refractivity (Wildman–Crippen MR) is 77.1 cm³/mol. The highest BCUT2D eigenvalue weighted by Crippen LogP contribution is 2.31. The Morgan fingerprint density at radius 1 is 1.16 bits per heavy atom. The molecule has 3 heteroatoms. The molecule has 96 valence electrons. The van der Waals surface area contributed by atoms with Crippen LogP contribution in [0.15, 0.2) is 53.4 Å². The third-order valence-corrected chi connectivity index (χ3v) is 4.31. The summed E-state index contributed by atoms with van der Waals surface area (Å²) in [6.45, 7) is 0. The van der Waals surface area contributed by atoms with E-state index in [1.807, 2.05) is 36.4 Å². The number of ether oxygens (including phenoxy) is 1. The fourth-order valence-corrected chi connectivity index (χ4v) is 3.07. The molecule has 19 heavy (non-hydrogen) atoms. The summed E-state index contributed by atoms with van der Waals surface area (Å²) >= 11 is 1.77. The summed E-state index contributed by atoms with van der Waals surface area (Å²) in [5.74, 6) is 1.94. The average molecular weight is 270 g/mol. The summed E-state index contributed by atoms with van der Waals surface area (Å²) in [5, 5.41) is 0. The van der Waals surface area contributed by atoms with Gasteiger partial charge in [-0.3, -0.25) is 4.79 Å². The Balaban J connectivity index is 1.58. The van der Waals surface area contributed by atoms with Crippen molar-refractivity contribution in [2.24, 2.45) is 0 Å². The second kappa shape index (κ2) is 5.49. The number of carbonyl (C=O) groups excluding carboxylic acids is 1. The maximum absolute atomic E-state index is 10.6. The van der Waals surface area contributed by atoms with Crippen LogP contribution in [-0.4, -0.2) is 18.1 Å². The van der Waals surface area contributed by atoms with Crippen LogP contribution in [0.1, 0.15) is 15.9 Å². The Hall–Kier alpha value is -1.74. The van der Waals surface area contributed by atoms with E-state index >= 15 is 0 Å². The number of para-hydroxylation sites is 1. The molecule has 1 unspecified atom stereocenters. The minimum Gasteiger partial charge on any atom is -0.489 e. The highest BCUT2D eigenvalue weighted by molar-refractivity contribution is 7.99. The van der Waals surface area contributed by atoms with Gasteiger partial charge in [-0.05, 0) is 23.8 Å². The van der Waals surface area contributed by atoms with Crippen LogP contribution < -0.4 is 4.74 Å². The Morgan fingerprint density at radius 3 is 2.68 bits per heavy atom. The number of hydrogen-bond acceptors (Lipinski definition) is 3. The first kappa shape index (κ1) is 12.3. The molecule has 0 saturated heterocycles. The van der Waals surface area contributed by atoms with Gasteiger partial charge in [0.2, 0.25) is 0 Å². The molecule has 0 radical (unpaired) electrons. The lowest BCUT2D eigenvalue weighted by Gasteiger charge is -2.10. The van der Waals surface area contributed by atoms with E-state index in [9.17, 15) is 4.79 Å². The highest BCUT2D eigenvalue weighted by atomic mass is 32.2. The van der Waals surface area contributed by atoms with Crippen molar-refractivity contribution in [3.63, 3.8) is 0 Å². The Labute approximate surface area is 116 Å². The first-order valence-electron chi connectivity index (χ1n) is 6.28. The smallest absolute Gasteiger partial charge is 0.150 e. The second-order valence-electron chi connectivity index (χ2n) is 4.55. The zero-order valence-corrected chi connectivity index (χ0v) is 11.2. The van der Waals surface area contributed by atoms with Crippen LogP contribution in [0.25, 0.3) is 0 Å². The van der Waals surface area contributed by atoms with E-state index in [-0.39, 0.29) is 6.10 Å². The topological polar surface area (TPSA) is 26.3 Å². The fraction of sp³-hybridized carbons (Fsp3) is 0.188. The van der Waals surface area contributed by atoms with Gasteiger partial charge >= 0.3 is 0 Å². The molecule has 1 heterocycles. The number of carbonyl (C=O) groups is 1. The average Bonchev–Trinajstić information content (AvgIpc) is 2.88. The number of benzene rings is 2. The van der Waals surface area contributed by atoms with E-state index in [0.29, 0.717) is 5.56 Å². The fourth-order valence-electron chi connectivity index (χ4n) is 2.18. The third-order valence-electron chi connectivity index (χ3n) is 3.17. The van der Waals surface area contributed by atoms with Gasteiger partial charge in [-0.1, -0.05) is 30.3 Å². The van der Waals surface area contributed by atoms with E-state index in [2.05, 4.69) is 12.1 Å². The summed E-state index contributed by atoms with van der Waals surface area (Å²) in [6.07, 6.45) is 2.09. The van der Waals surface area contributed by atoms with Crippen molar-refractivity contribution in [2.45, 2.75) is 17.4 Å². The number of hydrogen-bond donors (Lipinski definition) is 0. The molecule has 0 spiro atoms. The quantitative estimate of drug-likeness (QED) is 0.627. The monoisotopic (exact) mass is 270 g/mol. The molecule has 2 nitrogen and oxygen atoms in total. The Bertz CT molecular complexity index is 553. The van der Waals surface area contributed by atoms with Crippen LogP contribution in [0.5, 0.6) is 5.75 Å². The number of rotatable bonds is 4. The summed E-state index contributed by atoms with van der Waals surface area (Å²) in [5.41, 5.74) is 2.01. The van der Waals surface area contributed by atoms with Crippen molar-refractivity contribution < 1.29 is 9.53 Å². The van der Waals surface area contributed by atoms with Gasteiger partial charge in [-0.2, -0.15) is 0 Å².